The first-order valence-electron chi connectivity index (χ1n) is 15.4. The third-order valence-electron chi connectivity index (χ3n) is 8.81. The summed E-state index contributed by atoms with van der Waals surface area (Å²) in [6, 6.07) is 14.5. The van der Waals surface area contributed by atoms with Crippen LogP contribution in [-0.4, -0.2) is 69.3 Å². The summed E-state index contributed by atoms with van der Waals surface area (Å²) in [5.74, 6) is -0.423. The summed E-state index contributed by atoms with van der Waals surface area (Å²) in [4.78, 5) is 21.7. The van der Waals surface area contributed by atoms with Crippen molar-refractivity contribution in [1.29, 1.82) is 0 Å². The third-order valence-corrected chi connectivity index (χ3v) is 8.81. The molecule has 0 saturated carbocycles. The predicted molar refractivity (Wildman–Crippen MR) is 169 cm³/mol. The molecule has 2 aromatic heterocycles. The van der Waals surface area contributed by atoms with Gasteiger partial charge >= 0.3 is 12.1 Å². The smallest absolute Gasteiger partial charge is 0.429 e. The number of anilines is 2. The minimum Gasteiger partial charge on any atom is -0.494 e. The number of hydrogen-bond donors (Lipinski definition) is 3. The number of carboxylic acids is 1. The van der Waals surface area contributed by atoms with Crippen molar-refractivity contribution in [2.75, 3.05) is 36.9 Å². The highest BCUT2D eigenvalue weighted by atomic mass is 19.4. The number of carbonyl (C=O) groups is 1. The van der Waals surface area contributed by atoms with Crippen LogP contribution in [0.1, 0.15) is 43.5 Å². The van der Waals surface area contributed by atoms with E-state index in [9.17, 15) is 23.1 Å². The van der Waals surface area contributed by atoms with E-state index < -0.39 is 24.3 Å². The number of benzene rings is 2. The fourth-order valence-electron chi connectivity index (χ4n) is 6.39. The number of nitrogens with two attached hydrogens (primary N) is 1. The van der Waals surface area contributed by atoms with Crippen LogP contribution in [0.3, 0.4) is 0 Å². The SMILES string of the molecule is CCOc1cccc(-c2ccc(C(Oc3cc(N4CCC5(CC4)CNC(C(=O)O)C5)nc(N)n3)C(F)(F)F)c(-n3ccc(C)n3)c2)c1. The first kappa shape index (κ1) is 32.1. The summed E-state index contributed by atoms with van der Waals surface area (Å²) < 4.78 is 57.3. The van der Waals surface area contributed by atoms with E-state index >= 15 is 0 Å². The van der Waals surface area contributed by atoms with Gasteiger partial charge in [-0.2, -0.15) is 28.2 Å². The largest absolute Gasteiger partial charge is 0.494 e. The van der Waals surface area contributed by atoms with E-state index in [4.69, 9.17) is 15.2 Å². The molecule has 2 fully saturated rings. The third kappa shape index (κ3) is 6.97. The van der Waals surface area contributed by atoms with Crippen molar-refractivity contribution >= 4 is 17.7 Å². The molecule has 2 atom stereocenters. The van der Waals surface area contributed by atoms with Crippen LogP contribution in [0.2, 0.25) is 0 Å². The van der Waals surface area contributed by atoms with Crippen molar-refractivity contribution < 1.29 is 32.5 Å². The van der Waals surface area contributed by atoms with Crippen LogP contribution in [0.15, 0.2) is 60.8 Å². The lowest BCUT2D eigenvalue weighted by Gasteiger charge is -2.39. The number of carboxylic acid groups (broad SMARTS) is 1. The van der Waals surface area contributed by atoms with Gasteiger partial charge in [0.25, 0.3) is 0 Å². The lowest BCUT2D eigenvalue weighted by Crippen LogP contribution is -2.41. The fourth-order valence-corrected chi connectivity index (χ4v) is 6.39. The Balaban J connectivity index is 1.31. The van der Waals surface area contributed by atoms with Crippen LogP contribution in [-0.2, 0) is 4.79 Å². The predicted octanol–water partition coefficient (Wildman–Crippen LogP) is 5.33. The molecule has 0 bridgehead atoms. The Labute approximate surface area is 269 Å². The molecule has 0 amide bonds. The number of aliphatic carboxylic acids is 1. The van der Waals surface area contributed by atoms with E-state index in [1.807, 2.05) is 36.1 Å². The van der Waals surface area contributed by atoms with Gasteiger partial charge in [0, 0.05) is 37.5 Å². The first-order valence-corrected chi connectivity index (χ1v) is 15.4. The topological polar surface area (TPSA) is 141 Å². The molecule has 4 heterocycles. The Morgan fingerprint density at radius 3 is 2.55 bits per heavy atom. The number of halogens is 3. The van der Waals surface area contributed by atoms with E-state index in [2.05, 4.69) is 20.4 Å². The van der Waals surface area contributed by atoms with Crippen molar-refractivity contribution in [3.63, 3.8) is 0 Å². The van der Waals surface area contributed by atoms with Crippen LogP contribution in [0, 0.1) is 12.3 Å². The van der Waals surface area contributed by atoms with Gasteiger partial charge in [0.05, 0.1) is 18.0 Å². The minimum atomic E-state index is -4.83. The van der Waals surface area contributed by atoms with Crippen LogP contribution in [0.25, 0.3) is 16.8 Å². The second-order valence-electron chi connectivity index (χ2n) is 12.1. The summed E-state index contributed by atoms with van der Waals surface area (Å²) in [6.07, 6.45) is -3.72. The Kier molecular flexibility index (Phi) is 8.70. The van der Waals surface area contributed by atoms with Gasteiger partial charge in [0.15, 0.2) is 0 Å². The van der Waals surface area contributed by atoms with Gasteiger partial charge in [-0.3, -0.25) is 4.79 Å². The minimum absolute atomic E-state index is 0.156. The molecular weight excluding hydrogens is 615 g/mol. The first-order chi connectivity index (χ1) is 22.4. The average Bonchev–Trinajstić information content (AvgIpc) is 3.66. The lowest BCUT2D eigenvalue weighted by atomic mass is 9.76. The maximum Gasteiger partial charge on any atom is 0.429 e. The zero-order valence-corrected chi connectivity index (χ0v) is 26.0. The summed E-state index contributed by atoms with van der Waals surface area (Å²) in [5.41, 5.74) is 7.92. The van der Waals surface area contributed by atoms with Crippen molar-refractivity contribution in [2.45, 2.75) is 51.4 Å². The van der Waals surface area contributed by atoms with E-state index in [1.54, 1.807) is 31.3 Å². The number of nitrogens with one attached hydrogen (secondary N) is 1. The van der Waals surface area contributed by atoms with Gasteiger partial charge in [-0.25, -0.2) is 4.68 Å². The number of alkyl halides is 3. The van der Waals surface area contributed by atoms with Crippen LogP contribution in [0.4, 0.5) is 24.9 Å². The van der Waals surface area contributed by atoms with E-state index in [0.29, 0.717) is 68.3 Å². The standard InChI is InChI=1S/C33H36F3N7O4/c1-3-46-23-6-4-5-21(15-23)22-7-8-24(26(16-22)43-12-9-20(2)41-43)29(33(34,35)36)47-28-17-27(39-31(37)40-28)42-13-10-32(11-14-42)18-25(30(44)45)38-19-32/h4-9,12,15-17,25,29,38H,3,10-11,13-14,18-19H2,1-2H3,(H,44,45)(H2,37,39,40). The molecule has 2 aliphatic rings. The molecule has 0 radical (unpaired) electrons. The molecular formula is C33H36F3N7O4. The van der Waals surface area contributed by atoms with Crippen molar-refractivity contribution in [3.8, 4) is 28.4 Å². The number of hydrogen-bond acceptors (Lipinski definition) is 9. The van der Waals surface area contributed by atoms with Gasteiger partial charge in [-0.05, 0) is 73.9 Å². The molecule has 2 aromatic carbocycles. The molecule has 4 N–H and O–H groups in total. The van der Waals surface area contributed by atoms with E-state index in [-0.39, 0.29) is 28.5 Å². The van der Waals surface area contributed by atoms with Gasteiger partial charge < -0.3 is 30.5 Å². The van der Waals surface area contributed by atoms with Crippen molar-refractivity contribution in [2.24, 2.45) is 5.41 Å². The zero-order valence-electron chi connectivity index (χ0n) is 26.0. The molecule has 4 aromatic rings. The summed E-state index contributed by atoms with van der Waals surface area (Å²) >= 11 is 0. The Bertz CT molecular complexity index is 1750. The molecule has 6 rings (SSSR count). The highest BCUT2D eigenvalue weighted by molar-refractivity contribution is 5.74. The van der Waals surface area contributed by atoms with Crippen LogP contribution >= 0.6 is 0 Å². The van der Waals surface area contributed by atoms with Crippen LogP contribution < -0.4 is 25.4 Å². The number of piperidine rings is 1. The molecule has 14 heteroatoms. The number of rotatable bonds is 9. The number of aromatic nitrogens is 4. The Hall–Kier alpha value is -4.85. The highest BCUT2D eigenvalue weighted by Gasteiger charge is 2.46. The maximum atomic E-state index is 14.9. The maximum absolute atomic E-state index is 14.9. The molecule has 1 spiro atoms. The second-order valence-corrected chi connectivity index (χ2v) is 12.1. The summed E-state index contributed by atoms with van der Waals surface area (Å²) in [5, 5.41) is 16.9. The lowest BCUT2D eigenvalue weighted by molar-refractivity contribution is -0.198. The van der Waals surface area contributed by atoms with E-state index in [0.717, 1.165) is 5.56 Å². The quantitative estimate of drug-likeness (QED) is 0.217. The molecule has 2 saturated heterocycles. The number of nitrogens with zero attached hydrogens (tertiary/aromatic N) is 5. The molecule has 2 unspecified atom stereocenters. The van der Waals surface area contributed by atoms with Gasteiger partial charge in [-0.1, -0.05) is 24.3 Å². The van der Waals surface area contributed by atoms with Gasteiger partial charge in [-0.15, -0.1) is 0 Å². The number of nitrogen functional groups attached to an aromatic ring is 1. The van der Waals surface area contributed by atoms with Crippen LogP contribution in [0.5, 0.6) is 11.6 Å². The summed E-state index contributed by atoms with van der Waals surface area (Å²) in [7, 11) is 0. The zero-order chi connectivity index (χ0) is 33.3. The van der Waals surface area contributed by atoms with Gasteiger partial charge in [0.1, 0.15) is 17.6 Å². The highest BCUT2D eigenvalue weighted by Crippen LogP contribution is 2.43. The van der Waals surface area contributed by atoms with Gasteiger partial charge in [0.2, 0.25) is 17.9 Å². The Morgan fingerprint density at radius 2 is 1.89 bits per heavy atom. The monoisotopic (exact) mass is 651 g/mol. The molecule has 47 heavy (non-hydrogen) atoms. The van der Waals surface area contributed by atoms with Crippen molar-refractivity contribution in [1.82, 2.24) is 25.1 Å². The average molecular weight is 652 g/mol. The molecule has 2 aliphatic heterocycles. The normalized spacial score (nSPS) is 18.3. The van der Waals surface area contributed by atoms with Crippen molar-refractivity contribution in [3.05, 3.63) is 72.1 Å². The van der Waals surface area contributed by atoms with E-state index in [1.165, 1.54) is 16.8 Å². The summed E-state index contributed by atoms with van der Waals surface area (Å²) in [6.45, 7) is 5.76. The fraction of sp³-hybridized carbons (Fsp3) is 0.394. The second kappa shape index (κ2) is 12.7. The Morgan fingerprint density at radius 1 is 1.13 bits per heavy atom. The number of ether oxygens (including phenoxy) is 2. The molecule has 11 nitrogen and oxygen atoms in total. The molecule has 248 valence electrons. The molecule has 0 aliphatic carbocycles. The number of aryl methyl sites for hydroxylation is 1.